The molecule has 0 saturated carbocycles. The third-order valence-corrected chi connectivity index (χ3v) is 2.88. The Kier molecular flexibility index (Phi) is 2.29. The Morgan fingerprint density at radius 1 is 1.33 bits per heavy atom. The van der Waals surface area contributed by atoms with Crippen LogP contribution in [0.5, 0.6) is 0 Å². The minimum absolute atomic E-state index is 0.181. The van der Waals surface area contributed by atoms with E-state index in [0.717, 1.165) is 19.5 Å². The molecule has 3 nitrogen and oxygen atoms in total. The third-order valence-electron chi connectivity index (χ3n) is 2.88. The van der Waals surface area contributed by atoms with Gasteiger partial charge in [-0.2, -0.15) is 5.26 Å². The van der Waals surface area contributed by atoms with Gasteiger partial charge >= 0.3 is 0 Å². The van der Waals surface area contributed by atoms with Crippen LogP contribution in [0.25, 0.3) is 0 Å². The number of nitrogens with one attached hydrogen (secondary N) is 1. The summed E-state index contributed by atoms with van der Waals surface area (Å²) < 4.78 is 0. The largest absolute Gasteiger partial charge is 0.302 e. The van der Waals surface area contributed by atoms with Gasteiger partial charge in [-0.1, -0.05) is 0 Å². The highest BCUT2D eigenvalue weighted by atomic mass is 15.3. The Labute approximate surface area is 73.3 Å². The first-order valence-corrected chi connectivity index (χ1v) is 4.80. The summed E-state index contributed by atoms with van der Waals surface area (Å²) in [6.07, 6.45) is 5.24. The van der Waals surface area contributed by atoms with E-state index >= 15 is 0 Å². The molecule has 2 aliphatic heterocycles. The van der Waals surface area contributed by atoms with Crippen LogP contribution in [0, 0.1) is 11.3 Å². The first-order chi connectivity index (χ1) is 5.92. The van der Waals surface area contributed by atoms with Crippen LogP contribution in [0.4, 0.5) is 0 Å². The second-order valence-corrected chi connectivity index (χ2v) is 3.64. The minimum Gasteiger partial charge on any atom is -0.302 e. The smallest absolute Gasteiger partial charge is 0.0990 e. The van der Waals surface area contributed by atoms with E-state index < -0.39 is 0 Å². The maximum atomic E-state index is 8.88. The molecule has 2 heterocycles. The molecular formula is C9H15N3. The monoisotopic (exact) mass is 165 g/mol. The molecule has 0 bridgehead atoms. The van der Waals surface area contributed by atoms with Crippen LogP contribution >= 0.6 is 0 Å². The fraction of sp³-hybridized carbons (Fsp3) is 0.889. The van der Waals surface area contributed by atoms with Gasteiger partial charge in [0.25, 0.3) is 0 Å². The summed E-state index contributed by atoms with van der Waals surface area (Å²) in [6, 6.07) is 2.56. The van der Waals surface area contributed by atoms with Crippen molar-refractivity contribution in [1.29, 1.82) is 5.26 Å². The lowest BCUT2D eigenvalue weighted by Gasteiger charge is -2.26. The Balaban J connectivity index is 1.97. The topological polar surface area (TPSA) is 39.1 Å². The maximum absolute atomic E-state index is 8.88. The van der Waals surface area contributed by atoms with Crippen molar-refractivity contribution in [3.63, 3.8) is 0 Å². The van der Waals surface area contributed by atoms with E-state index in [9.17, 15) is 0 Å². The number of rotatable bonds is 1. The Morgan fingerprint density at radius 3 is 2.92 bits per heavy atom. The predicted molar refractivity (Wildman–Crippen MR) is 46.4 cm³/mol. The lowest BCUT2D eigenvalue weighted by atomic mass is 10.2. The van der Waals surface area contributed by atoms with Crippen LogP contribution in [-0.4, -0.2) is 30.2 Å². The molecule has 0 aliphatic carbocycles. The molecule has 0 radical (unpaired) electrons. The molecule has 2 atom stereocenters. The first-order valence-electron chi connectivity index (χ1n) is 4.80. The van der Waals surface area contributed by atoms with Gasteiger partial charge in [0, 0.05) is 6.54 Å². The Bertz CT molecular complexity index is 190. The van der Waals surface area contributed by atoms with Gasteiger partial charge in [0.05, 0.1) is 18.3 Å². The fourth-order valence-electron chi connectivity index (χ4n) is 2.25. The van der Waals surface area contributed by atoms with E-state index in [2.05, 4.69) is 16.3 Å². The second kappa shape index (κ2) is 3.42. The van der Waals surface area contributed by atoms with E-state index in [1.165, 1.54) is 19.3 Å². The average molecular weight is 165 g/mol. The number of nitrogens with zero attached hydrogens (tertiary/aromatic N) is 2. The van der Waals surface area contributed by atoms with Crippen molar-refractivity contribution in [1.82, 2.24) is 10.2 Å². The fourth-order valence-corrected chi connectivity index (χ4v) is 2.25. The third kappa shape index (κ3) is 1.33. The molecule has 0 aromatic heterocycles. The highest BCUT2D eigenvalue weighted by Crippen LogP contribution is 2.22. The molecule has 2 aliphatic rings. The van der Waals surface area contributed by atoms with Crippen molar-refractivity contribution < 1.29 is 0 Å². The highest BCUT2D eigenvalue weighted by Gasteiger charge is 2.31. The standard InChI is InChI=1S/C9H15N3/c10-7-8-3-2-6-12(8)9-4-1-5-11-9/h8-9,11H,1-6H2/t8-,9?/m1/s1. The van der Waals surface area contributed by atoms with Gasteiger partial charge in [0.2, 0.25) is 0 Å². The van der Waals surface area contributed by atoms with Crippen LogP contribution < -0.4 is 5.32 Å². The van der Waals surface area contributed by atoms with Gasteiger partial charge in [0.1, 0.15) is 0 Å². The van der Waals surface area contributed by atoms with Gasteiger partial charge in [-0.05, 0) is 32.2 Å². The molecule has 0 spiro atoms. The molecular weight excluding hydrogens is 150 g/mol. The molecule has 2 saturated heterocycles. The van der Waals surface area contributed by atoms with E-state index in [1.807, 2.05) is 0 Å². The van der Waals surface area contributed by atoms with Gasteiger partial charge < -0.3 is 5.32 Å². The zero-order valence-electron chi connectivity index (χ0n) is 7.29. The predicted octanol–water partition coefficient (Wildman–Crippen LogP) is 0.684. The van der Waals surface area contributed by atoms with Gasteiger partial charge in [-0.15, -0.1) is 0 Å². The van der Waals surface area contributed by atoms with Crippen molar-refractivity contribution in [3.05, 3.63) is 0 Å². The van der Waals surface area contributed by atoms with E-state index in [0.29, 0.717) is 6.17 Å². The number of hydrogen-bond donors (Lipinski definition) is 1. The zero-order valence-corrected chi connectivity index (χ0v) is 7.29. The highest BCUT2D eigenvalue weighted by molar-refractivity contribution is 4.98. The second-order valence-electron chi connectivity index (χ2n) is 3.64. The lowest BCUT2D eigenvalue weighted by Crippen LogP contribution is -2.44. The minimum atomic E-state index is 0.181. The summed E-state index contributed by atoms with van der Waals surface area (Å²) in [5, 5.41) is 12.3. The Morgan fingerprint density at radius 2 is 2.25 bits per heavy atom. The summed E-state index contributed by atoms with van der Waals surface area (Å²) in [6.45, 7) is 2.23. The summed E-state index contributed by atoms with van der Waals surface area (Å²) >= 11 is 0. The normalized spacial score (nSPS) is 36.9. The molecule has 0 aromatic rings. The molecule has 0 amide bonds. The number of likely N-dealkylation sites (tertiary alicyclic amines) is 1. The van der Waals surface area contributed by atoms with Crippen molar-refractivity contribution in [2.75, 3.05) is 13.1 Å². The number of nitriles is 1. The van der Waals surface area contributed by atoms with Crippen LogP contribution in [0.1, 0.15) is 25.7 Å². The van der Waals surface area contributed by atoms with Gasteiger partial charge in [0.15, 0.2) is 0 Å². The Hall–Kier alpha value is -0.590. The molecule has 2 rings (SSSR count). The zero-order chi connectivity index (χ0) is 8.39. The average Bonchev–Trinajstić information content (AvgIpc) is 2.74. The molecule has 0 aromatic carbocycles. The van der Waals surface area contributed by atoms with Crippen molar-refractivity contribution in [2.45, 2.75) is 37.9 Å². The van der Waals surface area contributed by atoms with Crippen molar-refractivity contribution >= 4 is 0 Å². The summed E-state index contributed by atoms with van der Waals surface area (Å²) in [5.74, 6) is 0. The SMILES string of the molecule is N#C[C@H]1CCCN1C1CCCN1. The molecule has 12 heavy (non-hydrogen) atoms. The van der Waals surface area contributed by atoms with Crippen molar-refractivity contribution in [3.8, 4) is 6.07 Å². The van der Waals surface area contributed by atoms with E-state index in [4.69, 9.17) is 5.26 Å². The van der Waals surface area contributed by atoms with Crippen LogP contribution in [0.2, 0.25) is 0 Å². The molecule has 1 unspecified atom stereocenters. The molecule has 3 heteroatoms. The summed E-state index contributed by atoms with van der Waals surface area (Å²) in [4.78, 5) is 2.33. The van der Waals surface area contributed by atoms with E-state index in [-0.39, 0.29) is 6.04 Å². The lowest BCUT2D eigenvalue weighted by molar-refractivity contribution is 0.194. The summed E-state index contributed by atoms with van der Waals surface area (Å²) in [7, 11) is 0. The van der Waals surface area contributed by atoms with E-state index in [1.54, 1.807) is 0 Å². The molecule has 2 fully saturated rings. The van der Waals surface area contributed by atoms with Crippen molar-refractivity contribution in [2.24, 2.45) is 0 Å². The molecule has 66 valence electrons. The van der Waals surface area contributed by atoms with Gasteiger partial charge in [-0.25, -0.2) is 0 Å². The quantitative estimate of drug-likeness (QED) is 0.621. The van der Waals surface area contributed by atoms with Crippen LogP contribution in [0.15, 0.2) is 0 Å². The summed E-state index contributed by atoms with van der Waals surface area (Å²) in [5.41, 5.74) is 0. The van der Waals surface area contributed by atoms with Gasteiger partial charge in [-0.3, -0.25) is 4.90 Å². The molecule has 1 N–H and O–H groups in total. The first kappa shape index (κ1) is 8.03. The number of hydrogen-bond acceptors (Lipinski definition) is 3. The maximum Gasteiger partial charge on any atom is 0.0990 e. The van der Waals surface area contributed by atoms with Crippen LogP contribution in [-0.2, 0) is 0 Å². The van der Waals surface area contributed by atoms with Crippen LogP contribution in [0.3, 0.4) is 0 Å².